The SMILES string of the molecule is COCCC(C)C(O)(CC(C)C)CC(C)C. The molecule has 1 atom stereocenters. The van der Waals surface area contributed by atoms with Gasteiger partial charge < -0.3 is 9.84 Å². The largest absolute Gasteiger partial charge is 0.390 e. The molecule has 0 aromatic rings. The van der Waals surface area contributed by atoms with Gasteiger partial charge in [0.1, 0.15) is 0 Å². The van der Waals surface area contributed by atoms with Gasteiger partial charge in [-0.25, -0.2) is 0 Å². The number of hydrogen-bond donors (Lipinski definition) is 1. The van der Waals surface area contributed by atoms with Crippen LogP contribution in [-0.4, -0.2) is 24.4 Å². The molecule has 2 nitrogen and oxygen atoms in total. The molecule has 0 bridgehead atoms. The van der Waals surface area contributed by atoms with Crippen molar-refractivity contribution in [3.05, 3.63) is 0 Å². The highest BCUT2D eigenvalue weighted by atomic mass is 16.5. The van der Waals surface area contributed by atoms with E-state index in [0.717, 1.165) is 25.9 Å². The van der Waals surface area contributed by atoms with Crippen molar-refractivity contribution in [3.8, 4) is 0 Å². The first-order chi connectivity index (χ1) is 7.31. The zero-order valence-corrected chi connectivity index (χ0v) is 11.9. The van der Waals surface area contributed by atoms with E-state index >= 15 is 0 Å². The molecule has 1 N–H and O–H groups in total. The monoisotopic (exact) mass is 230 g/mol. The number of methoxy groups -OCH3 is 1. The fourth-order valence-electron chi connectivity index (χ4n) is 2.46. The minimum atomic E-state index is -0.527. The number of aliphatic hydroxyl groups is 1. The Bertz CT molecular complexity index is 166. The van der Waals surface area contributed by atoms with Crippen molar-refractivity contribution in [1.82, 2.24) is 0 Å². The molecule has 0 rings (SSSR count). The quantitative estimate of drug-likeness (QED) is 0.691. The Kier molecular flexibility index (Phi) is 7.25. The van der Waals surface area contributed by atoms with Crippen LogP contribution in [0.4, 0.5) is 0 Å². The average molecular weight is 230 g/mol. The summed E-state index contributed by atoms with van der Waals surface area (Å²) in [7, 11) is 1.72. The molecule has 0 aromatic heterocycles. The molecule has 0 saturated heterocycles. The van der Waals surface area contributed by atoms with Crippen molar-refractivity contribution in [2.75, 3.05) is 13.7 Å². The second-order valence-electron chi connectivity index (χ2n) is 5.98. The Labute approximate surface area is 101 Å². The summed E-state index contributed by atoms with van der Waals surface area (Å²) in [6, 6.07) is 0. The molecule has 0 amide bonds. The highest BCUT2D eigenvalue weighted by molar-refractivity contribution is 4.86. The van der Waals surface area contributed by atoms with E-state index in [1.807, 2.05) is 0 Å². The summed E-state index contributed by atoms with van der Waals surface area (Å²) in [5.74, 6) is 1.37. The number of hydrogen-bond acceptors (Lipinski definition) is 2. The molecule has 98 valence electrons. The van der Waals surface area contributed by atoms with E-state index in [0.29, 0.717) is 17.8 Å². The first kappa shape index (κ1) is 15.9. The lowest BCUT2D eigenvalue weighted by Gasteiger charge is -2.37. The molecule has 0 aliphatic rings. The predicted molar refractivity (Wildman–Crippen MR) is 69.5 cm³/mol. The molecule has 1 unspecified atom stereocenters. The van der Waals surface area contributed by atoms with Crippen LogP contribution in [0.15, 0.2) is 0 Å². The highest BCUT2D eigenvalue weighted by Crippen LogP contribution is 2.33. The van der Waals surface area contributed by atoms with Crippen molar-refractivity contribution in [2.45, 2.75) is 59.5 Å². The zero-order chi connectivity index (χ0) is 12.8. The Morgan fingerprint density at radius 2 is 1.44 bits per heavy atom. The molecule has 0 heterocycles. The maximum absolute atomic E-state index is 10.8. The molecule has 0 aliphatic heterocycles. The van der Waals surface area contributed by atoms with Crippen LogP contribution in [-0.2, 0) is 4.74 Å². The fraction of sp³-hybridized carbons (Fsp3) is 1.00. The Morgan fingerprint density at radius 3 is 1.75 bits per heavy atom. The first-order valence-corrected chi connectivity index (χ1v) is 6.53. The number of rotatable bonds is 8. The van der Waals surface area contributed by atoms with Gasteiger partial charge in [0.2, 0.25) is 0 Å². The molecule has 0 aliphatic carbocycles. The smallest absolute Gasteiger partial charge is 0.0678 e. The Balaban J connectivity index is 4.49. The zero-order valence-electron chi connectivity index (χ0n) is 11.9. The summed E-state index contributed by atoms with van der Waals surface area (Å²) >= 11 is 0. The van der Waals surface area contributed by atoms with Gasteiger partial charge >= 0.3 is 0 Å². The van der Waals surface area contributed by atoms with E-state index in [1.54, 1.807) is 7.11 Å². The summed E-state index contributed by atoms with van der Waals surface area (Å²) in [5.41, 5.74) is -0.527. The predicted octanol–water partition coefficient (Wildman–Crippen LogP) is 3.48. The molecular weight excluding hydrogens is 200 g/mol. The minimum absolute atomic E-state index is 0.303. The summed E-state index contributed by atoms with van der Waals surface area (Å²) in [6.45, 7) is 11.6. The molecule has 0 radical (unpaired) electrons. The summed E-state index contributed by atoms with van der Waals surface area (Å²) in [5, 5.41) is 10.8. The molecule has 0 saturated carbocycles. The maximum atomic E-state index is 10.8. The van der Waals surface area contributed by atoms with E-state index in [2.05, 4.69) is 34.6 Å². The van der Waals surface area contributed by atoms with Crippen LogP contribution < -0.4 is 0 Å². The normalized spacial score (nSPS) is 14.8. The van der Waals surface area contributed by atoms with E-state index in [1.165, 1.54) is 0 Å². The van der Waals surface area contributed by atoms with Gasteiger partial charge in [0, 0.05) is 13.7 Å². The van der Waals surface area contributed by atoms with E-state index < -0.39 is 5.60 Å². The van der Waals surface area contributed by atoms with Gasteiger partial charge in [-0.2, -0.15) is 0 Å². The molecule has 16 heavy (non-hydrogen) atoms. The third-order valence-corrected chi connectivity index (χ3v) is 3.20. The lowest BCUT2D eigenvalue weighted by atomic mass is 9.75. The van der Waals surface area contributed by atoms with Crippen LogP contribution in [0.25, 0.3) is 0 Å². The number of ether oxygens (including phenoxy) is 1. The van der Waals surface area contributed by atoms with E-state index in [-0.39, 0.29) is 0 Å². The fourth-order valence-corrected chi connectivity index (χ4v) is 2.46. The van der Waals surface area contributed by atoms with Gasteiger partial charge in [-0.1, -0.05) is 34.6 Å². The van der Waals surface area contributed by atoms with Crippen molar-refractivity contribution in [3.63, 3.8) is 0 Å². The second kappa shape index (κ2) is 7.29. The average Bonchev–Trinajstić information content (AvgIpc) is 2.11. The van der Waals surface area contributed by atoms with Gasteiger partial charge in [-0.15, -0.1) is 0 Å². The van der Waals surface area contributed by atoms with E-state index in [9.17, 15) is 5.11 Å². The lowest BCUT2D eigenvalue weighted by Crippen LogP contribution is -2.39. The van der Waals surface area contributed by atoms with Gasteiger partial charge in [-0.05, 0) is 37.0 Å². The summed E-state index contributed by atoms with van der Waals surface area (Å²) < 4.78 is 5.11. The van der Waals surface area contributed by atoms with Crippen molar-refractivity contribution < 1.29 is 9.84 Å². The molecule has 0 aromatic carbocycles. The third-order valence-electron chi connectivity index (χ3n) is 3.20. The van der Waals surface area contributed by atoms with Gasteiger partial charge in [-0.3, -0.25) is 0 Å². The van der Waals surface area contributed by atoms with Gasteiger partial charge in [0.25, 0.3) is 0 Å². The highest BCUT2D eigenvalue weighted by Gasteiger charge is 2.34. The Hall–Kier alpha value is -0.0800. The van der Waals surface area contributed by atoms with Crippen LogP contribution in [0.5, 0.6) is 0 Å². The van der Waals surface area contributed by atoms with Crippen LogP contribution in [0.2, 0.25) is 0 Å². The second-order valence-corrected chi connectivity index (χ2v) is 5.98. The van der Waals surface area contributed by atoms with Crippen LogP contribution >= 0.6 is 0 Å². The molecular formula is C14H30O2. The molecule has 0 fully saturated rings. The summed E-state index contributed by atoms with van der Waals surface area (Å²) in [6.07, 6.45) is 2.71. The standard InChI is InChI=1S/C14H30O2/c1-11(2)9-14(15,10-12(3)4)13(5)7-8-16-6/h11-13,15H,7-10H2,1-6H3. The first-order valence-electron chi connectivity index (χ1n) is 6.53. The minimum Gasteiger partial charge on any atom is -0.390 e. The van der Waals surface area contributed by atoms with Crippen LogP contribution in [0.3, 0.4) is 0 Å². The van der Waals surface area contributed by atoms with Crippen molar-refractivity contribution >= 4 is 0 Å². The Morgan fingerprint density at radius 1 is 1.00 bits per heavy atom. The topological polar surface area (TPSA) is 29.5 Å². The molecule has 0 spiro atoms. The summed E-state index contributed by atoms with van der Waals surface area (Å²) in [4.78, 5) is 0. The lowest BCUT2D eigenvalue weighted by molar-refractivity contribution is -0.0543. The third kappa shape index (κ3) is 5.86. The molecule has 2 heteroatoms. The van der Waals surface area contributed by atoms with Crippen LogP contribution in [0, 0.1) is 17.8 Å². The van der Waals surface area contributed by atoms with Crippen molar-refractivity contribution in [1.29, 1.82) is 0 Å². The van der Waals surface area contributed by atoms with E-state index in [4.69, 9.17) is 4.74 Å². The van der Waals surface area contributed by atoms with Gasteiger partial charge in [0.15, 0.2) is 0 Å². The van der Waals surface area contributed by atoms with Crippen molar-refractivity contribution in [2.24, 2.45) is 17.8 Å². The maximum Gasteiger partial charge on any atom is 0.0678 e. The van der Waals surface area contributed by atoms with Crippen LogP contribution in [0.1, 0.15) is 53.9 Å². The van der Waals surface area contributed by atoms with Gasteiger partial charge in [0.05, 0.1) is 5.60 Å².